The van der Waals surface area contributed by atoms with E-state index in [4.69, 9.17) is 15.7 Å². The number of hydrogen-bond acceptors (Lipinski definition) is 3. The molecule has 1 aromatic carbocycles. The molecule has 0 aliphatic carbocycles. The summed E-state index contributed by atoms with van der Waals surface area (Å²) in [6.45, 7) is 4.25. The van der Waals surface area contributed by atoms with E-state index in [2.05, 4.69) is 0 Å². The van der Waals surface area contributed by atoms with Gasteiger partial charge in [-0.15, -0.1) is 0 Å². The second kappa shape index (κ2) is 4.64. The zero-order valence-electron chi connectivity index (χ0n) is 8.45. The van der Waals surface area contributed by atoms with Gasteiger partial charge in [-0.25, -0.2) is 0 Å². The molecule has 0 saturated carbocycles. The zero-order valence-corrected chi connectivity index (χ0v) is 8.45. The molecule has 3 nitrogen and oxygen atoms in total. The van der Waals surface area contributed by atoms with Gasteiger partial charge in [-0.1, -0.05) is 12.1 Å². The number of nitriles is 1. The van der Waals surface area contributed by atoms with Gasteiger partial charge in [0.05, 0.1) is 6.07 Å². The lowest BCUT2D eigenvalue weighted by atomic mass is 10.1. The van der Waals surface area contributed by atoms with Gasteiger partial charge >= 0.3 is 0 Å². The van der Waals surface area contributed by atoms with Crippen LogP contribution in [0.5, 0.6) is 5.75 Å². The van der Waals surface area contributed by atoms with Crippen LogP contribution >= 0.6 is 0 Å². The molecular weight excluding hydrogens is 176 g/mol. The highest BCUT2D eigenvalue weighted by Gasteiger charge is 2.04. The summed E-state index contributed by atoms with van der Waals surface area (Å²) in [5.74, 6) is 0.802. The van der Waals surface area contributed by atoms with E-state index in [0.717, 1.165) is 11.3 Å². The molecule has 74 valence electrons. The minimum Gasteiger partial charge on any atom is -0.491 e. The Labute approximate surface area is 84.1 Å². The second-order valence-corrected chi connectivity index (χ2v) is 3.24. The van der Waals surface area contributed by atoms with Gasteiger partial charge in [0, 0.05) is 0 Å². The van der Waals surface area contributed by atoms with Crippen molar-refractivity contribution in [1.82, 2.24) is 0 Å². The van der Waals surface area contributed by atoms with E-state index in [1.807, 2.05) is 38.1 Å². The third kappa shape index (κ3) is 2.48. The standard InChI is InChI=1S/C11H14N2O/c1-8-4-3-5-11(9(8)2)14-7-10(13)6-12/h3-5,10H,7,13H2,1-2H3. The highest BCUT2D eigenvalue weighted by molar-refractivity contribution is 5.38. The molecule has 0 aromatic heterocycles. The molecular formula is C11H14N2O. The second-order valence-electron chi connectivity index (χ2n) is 3.24. The Kier molecular flexibility index (Phi) is 3.49. The van der Waals surface area contributed by atoms with Crippen LogP contribution in [0.2, 0.25) is 0 Å². The van der Waals surface area contributed by atoms with Crippen molar-refractivity contribution >= 4 is 0 Å². The van der Waals surface area contributed by atoms with Gasteiger partial charge in [0.15, 0.2) is 0 Å². The molecule has 0 heterocycles. The number of rotatable bonds is 3. The zero-order chi connectivity index (χ0) is 10.6. The van der Waals surface area contributed by atoms with Crippen LogP contribution in [0.25, 0.3) is 0 Å². The summed E-state index contributed by atoms with van der Waals surface area (Å²) >= 11 is 0. The Bertz CT molecular complexity index is 355. The molecule has 0 aliphatic rings. The quantitative estimate of drug-likeness (QED) is 0.786. The largest absolute Gasteiger partial charge is 0.491 e. The van der Waals surface area contributed by atoms with Gasteiger partial charge in [-0.2, -0.15) is 5.26 Å². The van der Waals surface area contributed by atoms with Crippen molar-refractivity contribution in [3.8, 4) is 11.8 Å². The van der Waals surface area contributed by atoms with Crippen LogP contribution in [-0.2, 0) is 0 Å². The fourth-order valence-electron chi connectivity index (χ4n) is 1.10. The molecule has 0 amide bonds. The van der Waals surface area contributed by atoms with E-state index in [1.165, 1.54) is 5.56 Å². The average molecular weight is 190 g/mol. The Morgan fingerprint density at radius 3 is 2.86 bits per heavy atom. The fraction of sp³-hybridized carbons (Fsp3) is 0.364. The van der Waals surface area contributed by atoms with Crippen molar-refractivity contribution in [2.45, 2.75) is 19.9 Å². The van der Waals surface area contributed by atoms with Gasteiger partial charge in [0.2, 0.25) is 0 Å². The van der Waals surface area contributed by atoms with Crippen molar-refractivity contribution < 1.29 is 4.74 Å². The number of hydrogen-bond donors (Lipinski definition) is 1. The van der Waals surface area contributed by atoms with E-state index in [0.29, 0.717) is 0 Å². The molecule has 0 radical (unpaired) electrons. The molecule has 1 aromatic rings. The van der Waals surface area contributed by atoms with Crippen LogP contribution in [-0.4, -0.2) is 12.6 Å². The summed E-state index contributed by atoms with van der Waals surface area (Å²) in [6.07, 6.45) is 0. The Balaban J connectivity index is 2.69. The topological polar surface area (TPSA) is 59.0 Å². The normalized spacial score (nSPS) is 11.9. The van der Waals surface area contributed by atoms with E-state index in [1.54, 1.807) is 0 Å². The first-order valence-corrected chi connectivity index (χ1v) is 4.49. The van der Waals surface area contributed by atoms with Gasteiger partial charge < -0.3 is 10.5 Å². The highest BCUT2D eigenvalue weighted by atomic mass is 16.5. The Hall–Kier alpha value is -1.53. The maximum absolute atomic E-state index is 8.48. The molecule has 1 rings (SSSR count). The lowest BCUT2D eigenvalue weighted by molar-refractivity contribution is 0.306. The fourth-order valence-corrected chi connectivity index (χ4v) is 1.10. The first-order chi connectivity index (χ1) is 6.65. The molecule has 3 heteroatoms. The number of nitrogens with two attached hydrogens (primary N) is 1. The van der Waals surface area contributed by atoms with Gasteiger partial charge in [0.25, 0.3) is 0 Å². The van der Waals surface area contributed by atoms with Crippen molar-refractivity contribution in [3.63, 3.8) is 0 Å². The molecule has 0 spiro atoms. The number of ether oxygens (including phenoxy) is 1. The van der Waals surface area contributed by atoms with E-state index in [-0.39, 0.29) is 6.61 Å². The summed E-state index contributed by atoms with van der Waals surface area (Å²) in [6, 6.07) is 7.19. The monoisotopic (exact) mass is 190 g/mol. The number of nitrogens with zero attached hydrogens (tertiary/aromatic N) is 1. The van der Waals surface area contributed by atoms with Crippen molar-refractivity contribution in [2.75, 3.05) is 6.61 Å². The molecule has 0 aliphatic heterocycles. The highest BCUT2D eigenvalue weighted by Crippen LogP contribution is 2.20. The maximum Gasteiger partial charge on any atom is 0.127 e. The average Bonchev–Trinajstić information content (AvgIpc) is 2.20. The summed E-state index contributed by atoms with van der Waals surface area (Å²) in [7, 11) is 0. The lowest BCUT2D eigenvalue weighted by Gasteiger charge is -2.11. The van der Waals surface area contributed by atoms with E-state index in [9.17, 15) is 0 Å². The van der Waals surface area contributed by atoms with Gasteiger partial charge in [-0.3, -0.25) is 0 Å². The van der Waals surface area contributed by atoms with Gasteiger partial charge in [0.1, 0.15) is 18.4 Å². The predicted molar refractivity (Wildman–Crippen MR) is 55.0 cm³/mol. The molecule has 0 bridgehead atoms. The maximum atomic E-state index is 8.48. The van der Waals surface area contributed by atoms with Crippen molar-refractivity contribution in [3.05, 3.63) is 29.3 Å². The third-order valence-electron chi connectivity index (χ3n) is 2.14. The smallest absolute Gasteiger partial charge is 0.127 e. The van der Waals surface area contributed by atoms with Crippen LogP contribution in [0.15, 0.2) is 18.2 Å². The molecule has 1 atom stereocenters. The Morgan fingerprint density at radius 2 is 2.21 bits per heavy atom. The van der Waals surface area contributed by atoms with Crippen molar-refractivity contribution in [1.29, 1.82) is 5.26 Å². The van der Waals surface area contributed by atoms with Crippen molar-refractivity contribution in [2.24, 2.45) is 5.73 Å². The van der Waals surface area contributed by atoms with Crippen LogP contribution < -0.4 is 10.5 Å². The number of aryl methyl sites for hydroxylation is 1. The van der Waals surface area contributed by atoms with Crippen LogP contribution in [0, 0.1) is 25.2 Å². The minimum absolute atomic E-state index is 0.237. The van der Waals surface area contributed by atoms with Crippen LogP contribution in [0.4, 0.5) is 0 Å². The third-order valence-corrected chi connectivity index (χ3v) is 2.14. The summed E-state index contributed by atoms with van der Waals surface area (Å²) in [5, 5.41) is 8.48. The van der Waals surface area contributed by atoms with Crippen LogP contribution in [0.1, 0.15) is 11.1 Å². The Morgan fingerprint density at radius 1 is 1.50 bits per heavy atom. The first-order valence-electron chi connectivity index (χ1n) is 4.49. The lowest BCUT2D eigenvalue weighted by Crippen LogP contribution is -2.25. The van der Waals surface area contributed by atoms with E-state index >= 15 is 0 Å². The minimum atomic E-state index is -0.560. The van der Waals surface area contributed by atoms with E-state index < -0.39 is 6.04 Å². The first kappa shape index (κ1) is 10.6. The molecule has 2 N–H and O–H groups in total. The number of benzene rings is 1. The summed E-state index contributed by atoms with van der Waals surface area (Å²) in [5.41, 5.74) is 7.69. The molecule has 0 fully saturated rings. The SMILES string of the molecule is Cc1cccc(OCC(N)C#N)c1C. The molecule has 1 unspecified atom stereocenters. The van der Waals surface area contributed by atoms with Crippen LogP contribution in [0.3, 0.4) is 0 Å². The summed E-state index contributed by atoms with van der Waals surface area (Å²) < 4.78 is 5.42. The molecule has 0 saturated heterocycles. The summed E-state index contributed by atoms with van der Waals surface area (Å²) in [4.78, 5) is 0. The molecule has 14 heavy (non-hydrogen) atoms. The van der Waals surface area contributed by atoms with Gasteiger partial charge in [-0.05, 0) is 31.0 Å². The predicted octanol–water partition coefficient (Wildman–Crippen LogP) is 1.53.